The molecule has 3 heterocycles. The van der Waals surface area contributed by atoms with Crippen molar-refractivity contribution in [3.8, 4) is 0 Å². The molecule has 0 saturated carbocycles. The Labute approximate surface area is 163 Å². The number of thiazole rings is 1. The lowest BCUT2D eigenvalue weighted by Gasteiger charge is -2.31. The lowest BCUT2D eigenvalue weighted by atomic mass is 9.97. The van der Waals surface area contributed by atoms with Gasteiger partial charge in [-0.3, -0.25) is 9.48 Å². The number of piperidine rings is 1. The summed E-state index contributed by atoms with van der Waals surface area (Å²) in [4.78, 5) is 19.6. The zero-order chi connectivity index (χ0) is 20.5. The highest BCUT2D eigenvalue weighted by molar-refractivity contribution is 7.11. The molecule has 7 nitrogen and oxygen atoms in total. The van der Waals surface area contributed by atoms with Crippen LogP contribution in [0.3, 0.4) is 0 Å². The van der Waals surface area contributed by atoms with E-state index in [-0.39, 0.29) is 18.4 Å². The first kappa shape index (κ1) is 20.3. The number of amides is 1. The van der Waals surface area contributed by atoms with Crippen molar-refractivity contribution in [3.63, 3.8) is 0 Å². The molecule has 0 aromatic carbocycles. The fourth-order valence-electron chi connectivity index (χ4n) is 3.19. The summed E-state index contributed by atoms with van der Waals surface area (Å²) in [5, 5.41) is 16.1. The van der Waals surface area contributed by atoms with Crippen LogP contribution in [0.4, 0.5) is 13.2 Å². The van der Waals surface area contributed by atoms with Gasteiger partial charge in [-0.15, -0.1) is 11.3 Å². The molecule has 2 aromatic rings. The summed E-state index contributed by atoms with van der Waals surface area (Å²) in [5.74, 6) is -0.0429. The number of halogens is 3. The summed E-state index contributed by atoms with van der Waals surface area (Å²) in [6.07, 6.45) is -1.78. The first-order valence-electron chi connectivity index (χ1n) is 8.73. The van der Waals surface area contributed by atoms with E-state index < -0.39 is 11.9 Å². The van der Waals surface area contributed by atoms with Crippen molar-refractivity contribution in [2.45, 2.75) is 45.3 Å². The summed E-state index contributed by atoms with van der Waals surface area (Å²) in [7, 11) is 0. The number of carbonyl (C=O) groups is 1. The maximum Gasteiger partial charge on any atom is 0.435 e. The van der Waals surface area contributed by atoms with Gasteiger partial charge < -0.3 is 10.1 Å². The maximum atomic E-state index is 12.8. The second-order valence-electron chi connectivity index (χ2n) is 6.72. The molecule has 1 aliphatic rings. The SMILES string of the molecule is Cc1sc(C2CCN(C(=O)Cn3nc(C(F)(F)F)cc3C)CC2)nc1C=NO. The third kappa shape index (κ3) is 4.34. The monoisotopic (exact) mass is 415 g/mol. The molecule has 1 aliphatic heterocycles. The fraction of sp³-hybridized carbons (Fsp3) is 0.529. The van der Waals surface area contributed by atoms with Crippen LogP contribution < -0.4 is 0 Å². The minimum atomic E-state index is -4.52. The van der Waals surface area contributed by atoms with Gasteiger partial charge in [0.1, 0.15) is 6.54 Å². The van der Waals surface area contributed by atoms with E-state index in [1.807, 2.05) is 6.92 Å². The van der Waals surface area contributed by atoms with E-state index in [0.717, 1.165) is 33.5 Å². The van der Waals surface area contributed by atoms with Crippen molar-refractivity contribution >= 4 is 23.5 Å². The second kappa shape index (κ2) is 7.90. The van der Waals surface area contributed by atoms with Crippen molar-refractivity contribution in [2.75, 3.05) is 13.1 Å². The highest BCUT2D eigenvalue weighted by Gasteiger charge is 2.35. The van der Waals surface area contributed by atoms with E-state index in [1.54, 1.807) is 16.2 Å². The molecule has 0 spiro atoms. The average Bonchev–Trinajstić information content (AvgIpc) is 3.19. The molecule has 28 heavy (non-hydrogen) atoms. The number of aryl methyl sites for hydroxylation is 2. The molecule has 1 amide bonds. The van der Waals surface area contributed by atoms with Crippen LogP contribution in [0.2, 0.25) is 0 Å². The number of alkyl halides is 3. The van der Waals surface area contributed by atoms with Crippen LogP contribution in [0.15, 0.2) is 11.2 Å². The quantitative estimate of drug-likeness (QED) is 0.472. The number of rotatable bonds is 4. The molecule has 0 aliphatic carbocycles. The fourth-order valence-corrected chi connectivity index (χ4v) is 4.25. The average molecular weight is 415 g/mol. The van der Waals surface area contributed by atoms with Gasteiger partial charge in [0.05, 0.1) is 16.9 Å². The predicted molar refractivity (Wildman–Crippen MR) is 96.8 cm³/mol. The van der Waals surface area contributed by atoms with Gasteiger partial charge in [0, 0.05) is 29.6 Å². The van der Waals surface area contributed by atoms with Gasteiger partial charge >= 0.3 is 6.18 Å². The summed E-state index contributed by atoms with van der Waals surface area (Å²) in [6.45, 7) is 4.22. The first-order chi connectivity index (χ1) is 13.2. The topological polar surface area (TPSA) is 83.6 Å². The smallest absolute Gasteiger partial charge is 0.411 e. The Balaban J connectivity index is 1.60. The summed E-state index contributed by atoms with van der Waals surface area (Å²) in [5.41, 5.74) is -0.0552. The standard InChI is InChI=1S/C17H20F3N5O2S/c1-10-7-14(17(18,19)20)23-25(10)9-15(26)24-5-3-12(4-6-24)16-22-13(8-21-27)11(2)28-16/h7-8,12,27H,3-6,9H2,1-2H3. The summed E-state index contributed by atoms with van der Waals surface area (Å²) in [6, 6.07) is 0.942. The second-order valence-corrected chi connectivity index (χ2v) is 7.95. The van der Waals surface area contributed by atoms with E-state index in [1.165, 1.54) is 13.1 Å². The molecular weight excluding hydrogens is 395 g/mol. The van der Waals surface area contributed by atoms with E-state index >= 15 is 0 Å². The molecule has 0 radical (unpaired) electrons. The zero-order valence-electron chi connectivity index (χ0n) is 15.4. The van der Waals surface area contributed by atoms with Crippen LogP contribution in [0.25, 0.3) is 0 Å². The number of aromatic nitrogens is 3. The Kier molecular flexibility index (Phi) is 5.73. The van der Waals surface area contributed by atoms with E-state index in [9.17, 15) is 18.0 Å². The van der Waals surface area contributed by atoms with Gasteiger partial charge in [0.25, 0.3) is 0 Å². The van der Waals surface area contributed by atoms with E-state index in [2.05, 4.69) is 15.2 Å². The largest absolute Gasteiger partial charge is 0.435 e. The van der Waals surface area contributed by atoms with E-state index in [4.69, 9.17) is 5.21 Å². The molecule has 3 rings (SSSR count). The van der Waals surface area contributed by atoms with E-state index in [0.29, 0.717) is 24.5 Å². The van der Waals surface area contributed by atoms with Crippen LogP contribution in [0.5, 0.6) is 0 Å². The van der Waals surface area contributed by atoms with Gasteiger partial charge in [-0.05, 0) is 32.8 Å². The maximum absolute atomic E-state index is 12.8. The highest BCUT2D eigenvalue weighted by Crippen LogP contribution is 2.32. The van der Waals surface area contributed by atoms with Crippen LogP contribution in [-0.2, 0) is 17.5 Å². The molecule has 0 atom stereocenters. The number of oxime groups is 1. The third-order valence-electron chi connectivity index (χ3n) is 4.78. The molecule has 152 valence electrons. The minimum Gasteiger partial charge on any atom is -0.411 e. The molecule has 2 aromatic heterocycles. The van der Waals surface area contributed by atoms with Gasteiger partial charge in [-0.2, -0.15) is 18.3 Å². The summed E-state index contributed by atoms with van der Waals surface area (Å²) >= 11 is 1.54. The molecule has 0 unspecified atom stereocenters. The molecule has 1 saturated heterocycles. The Morgan fingerprint density at radius 3 is 2.64 bits per heavy atom. The third-order valence-corrected chi connectivity index (χ3v) is 5.93. The van der Waals surface area contributed by atoms with Crippen LogP contribution in [0, 0.1) is 13.8 Å². The molecule has 1 N–H and O–H groups in total. The number of carbonyl (C=O) groups excluding carboxylic acids is 1. The normalized spacial score (nSPS) is 16.2. The van der Waals surface area contributed by atoms with Gasteiger partial charge in [0.15, 0.2) is 5.69 Å². The highest BCUT2D eigenvalue weighted by atomic mass is 32.1. The Morgan fingerprint density at radius 2 is 2.07 bits per heavy atom. The first-order valence-corrected chi connectivity index (χ1v) is 9.55. The Bertz CT molecular complexity index is 882. The molecular formula is C17H20F3N5O2S. The van der Waals surface area contributed by atoms with Gasteiger partial charge in [-0.1, -0.05) is 5.16 Å². The lowest BCUT2D eigenvalue weighted by molar-refractivity contribution is -0.142. The minimum absolute atomic E-state index is 0.205. The van der Waals surface area contributed by atoms with Crippen molar-refractivity contribution in [1.29, 1.82) is 0 Å². The zero-order valence-corrected chi connectivity index (χ0v) is 16.2. The van der Waals surface area contributed by atoms with Crippen molar-refractivity contribution in [1.82, 2.24) is 19.7 Å². The molecule has 1 fully saturated rings. The van der Waals surface area contributed by atoms with Gasteiger partial charge in [0.2, 0.25) is 5.91 Å². The molecule has 0 bridgehead atoms. The predicted octanol–water partition coefficient (Wildman–Crippen LogP) is 3.19. The van der Waals surface area contributed by atoms with Crippen molar-refractivity contribution < 1.29 is 23.2 Å². The number of hydrogen-bond acceptors (Lipinski definition) is 6. The van der Waals surface area contributed by atoms with Crippen LogP contribution in [0.1, 0.15) is 45.7 Å². The van der Waals surface area contributed by atoms with Crippen molar-refractivity contribution in [2.24, 2.45) is 5.16 Å². The van der Waals surface area contributed by atoms with Crippen LogP contribution >= 0.6 is 11.3 Å². The Morgan fingerprint density at radius 1 is 1.39 bits per heavy atom. The number of nitrogens with zero attached hydrogens (tertiary/aromatic N) is 5. The Hall–Kier alpha value is -2.43. The number of hydrogen-bond donors (Lipinski definition) is 1. The summed E-state index contributed by atoms with van der Waals surface area (Å²) < 4.78 is 39.4. The van der Waals surface area contributed by atoms with Crippen molar-refractivity contribution in [3.05, 3.63) is 33.0 Å². The lowest BCUT2D eigenvalue weighted by Crippen LogP contribution is -2.40. The van der Waals surface area contributed by atoms with Crippen LogP contribution in [-0.4, -0.2) is 50.1 Å². The number of likely N-dealkylation sites (tertiary alicyclic amines) is 1. The van der Waals surface area contributed by atoms with Gasteiger partial charge in [-0.25, -0.2) is 4.98 Å². The molecule has 11 heteroatoms.